The van der Waals surface area contributed by atoms with E-state index in [1.165, 1.54) is 14.2 Å². The first-order chi connectivity index (χ1) is 19.6. The Morgan fingerprint density at radius 3 is 2.20 bits per heavy atom. The maximum Gasteiger partial charge on any atom is 0.407 e. The predicted molar refractivity (Wildman–Crippen MR) is 153 cm³/mol. The number of hydrogen-bond acceptors (Lipinski definition) is 9. The van der Waals surface area contributed by atoms with Gasteiger partial charge in [0.05, 0.1) is 30.9 Å². The van der Waals surface area contributed by atoms with Gasteiger partial charge in [-0.05, 0) is 71.0 Å². The van der Waals surface area contributed by atoms with Crippen LogP contribution >= 0.6 is 0 Å². The number of ether oxygens (including phenoxy) is 5. The Labute approximate surface area is 237 Å². The van der Waals surface area contributed by atoms with Crippen LogP contribution in [0.4, 0.5) is 4.79 Å². The molecule has 0 fully saturated rings. The fourth-order valence-electron chi connectivity index (χ4n) is 5.16. The first-order valence-corrected chi connectivity index (χ1v) is 13.6. The van der Waals surface area contributed by atoms with Crippen molar-refractivity contribution >= 4 is 22.6 Å². The maximum absolute atomic E-state index is 13.9. The van der Waals surface area contributed by atoms with E-state index < -0.39 is 11.7 Å². The Bertz CT molecular complexity index is 1570. The highest BCUT2D eigenvalue weighted by molar-refractivity contribution is 6.27. The molecule has 5 rings (SSSR count). The van der Waals surface area contributed by atoms with Gasteiger partial charge in [-0.25, -0.2) is 4.79 Å². The molecule has 0 unspecified atom stereocenters. The van der Waals surface area contributed by atoms with Gasteiger partial charge in [0, 0.05) is 29.6 Å². The molecular weight excluding hydrogens is 530 g/mol. The molecule has 1 aromatic heterocycles. The minimum absolute atomic E-state index is 0.0831. The van der Waals surface area contributed by atoms with Gasteiger partial charge in [-0.1, -0.05) is 0 Å². The van der Waals surface area contributed by atoms with Gasteiger partial charge in [-0.15, -0.1) is 0 Å². The molecule has 2 aliphatic rings. The number of benzene rings is 2. The van der Waals surface area contributed by atoms with Crippen molar-refractivity contribution in [3.05, 3.63) is 45.7 Å². The molecule has 2 heterocycles. The van der Waals surface area contributed by atoms with Crippen LogP contribution in [0.2, 0.25) is 0 Å². The molecule has 2 N–H and O–H groups in total. The largest absolute Gasteiger partial charge is 0.493 e. The van der Waals surface area contributed by atoms with E-state index in [-0.39, 0.29) is 18.1 Å². The summed E-state index contributed by atoms with van der Waals surface area (Å²) >= 11 is 0. The molecule has 0 bridgehead atoms. The second-order valence-electron chi connectivity index (χ2n) is 10.9. The first kappa shape index (κ1) is 28.3. The summed E-state index contributed by atoms with van der Waals surface area (Å²) in [5.41, 5.74) is 1.36. The summed E-state index contributed by atoms with van der Waals surface area (Å²) in [5, 5.41) is 6.98. The summed E-state index contributed by atoms with van der Waals surface area (Å²) in [6.45, 7) is 7.74. The van der Waals surface area contributed by atoms with Crippen LogP contribution in [0.5, 0.6) is 23.0 Å². The van der Waals surface area contributed by atoms with Crippen molar-refractivity contribution in [2.75, 3.05) is 40.6 Å². The standard InChI is InChI=1S/C30H35N3O8/c1-30(2,3)41-29(36)32-10-6-8-31-9-7-11-33-26-18-13-23-24(40-16-39-23)14-19(18)27(34)25(26)17-12-21(37-4)22(38-5)15-20(17)28(33)35/h12-15,31H,6-11,16H2,1-5H3,(H,32,36). The quantitative estimate of drug-likeness (QED) is 0.276. The highest BCUT2D eigenvalue weighted by Crippen LogP contribution is 2.46. The van der Waals surface area contributed by atoms with Crippen LogP contribution in [0.25, 0.3) is 22.0 Å². The Morgan fingerprint density at radius 2 is 1.54 bits per heavy atom. The lowest BCUT2D eigenvalue weighted by Crippen LogP contribution is -2.34. The number of aromatic nitrogens is 1. The summed E-state index contributed by atoms with van der Waals surface area (Å²) in [7, 11) is 3.02. The van der Waals surface area contributed by atoms with Crippen molar-refractivity contribution in [3.63, 3.8) is 0 Å². The highest BCUT2D eigenvalue weighted by Gasteiger charge is 2.35. The number of carbonyl (C=O) groups excluding carboxylic acids is 2. The number of ketones is 1. The predicted octanol–water partition coefficient (Wildman–Crippen LogP) is 3.85. The lowest BCUT2D eigenvalue weighted by molar-refractivity contribution is 0.0527. The third-order valence-corrected chi connectivity index (χ3v) is 6.95. The van der Waals surface area contributed by atoms with Crippen molar-refractivity contribution in [3.8, 4) is 34.3 Å². The van der Waals surface area contributed by atoms with Crippen LogP contribution in [0.15, 0.2) is 29.1 Å². The van der Waals surface area contributed by atoms with E-state index in [0.717, 1.165) is 6.42 Å². The first-order valence-electron chi connectivity index (χ1n) is 13.6. The number of pyridine rings is 1. The van der Waals surface area contributed by atoms with Gasteiger partial charge in [-0.3, -0.25) is 9.59 Å². The van der Waals surface area contributed by atoms with Crippen LogP contribution in [-0.2, 0) is 11.3 Å². The SMILES string of the molecule is COc1cc2c3c(n(CCCNCCCNC(=O)OC(C)(C)C)c(=O)c2cc1OC)-c1cc2c(cc1C3=O)OCO2. The summed E-state index contributed by atoms with van der Waals surface area (Å²) in [5.74, 6) is 1.71. The fourth-order valence-corrected chi connectivity index (χ4v) is 5.16. The smallest absolute Gasteiger partial charge is 0.407 e. The Hall–Kier alpha value is -4.25. The van der Waals surface area contributed by atoms with Crippen LogP contribution < -0.4 is 35.1 Å². The van der Waals surface area contributed by atoms with Crippen LogP contribution in [-0.4, -0.2) is 62.7 Å². The number of fused-ring (bicyclic) bond motifs is 6. The number of amides is 1. The summed E-state index contributed by atoms with van der Waals surface area (Å²) in [4.78, 5) is 39.5. The summed E-state index contributed by atoms with van der Waals surface area (Å²) < 4.78 is 28.9. The zero-order valence-electron chi connectivity index (χ0n) is 24.0. The average molecular weight is 566 g/mol. The van der Waals surface area contributed by atoms with Crippen molar-refractivity contribution in [1.82, 2.24) is 15.2 Å². The molecule has 2 aromatic carbocycles. The van der Waals surface area contributed by atoms with E-state index in [2.05, 4.69) is 10.6 Å². The van der Waals surface area contributed by atoms with Crippen LogP contribution in [0.1, 0.15) is 49.5 Å². The number of methoxy groups -OCH3 is 2. The molecule has 1 amide bonds. The zero-order valence-corrected chi connectivity index (χ0v) is 24.0. The number of hydrogen-bond donors (Lipinski definition) is 2. The van der Waals surface area contributed by atoms with Gasteiger partial charge in [0.2, 0.25) is 6.79 Å². The summed E-state index contributed by atoms with van der Waals surface area (Å²) in [6.07, 6.45) is 0.925. The van der Waals surface area contributed by atoms with Gasteiger partial charge in [0.25, 0.3) is 5.56 Å². The third-order valence-electron chi connectivity index (χ3n) is 6.95. The molecule has 11 heteroatoms. The fraction of sp³-hybridized carbons (Fsp3) is 0.433. The topological polar surface area (TPSA) is 126 Å². The molecule has 0 saturated heterocycles. The second-order valence-corrected chi connectivity index (χ2v) is 10.9. The third kappa shape index (κ3) is 5.54. The van der Waals surface area contributed by atoms with Gasteiger partial charge in [0.15, 0.2) is 28.8 Å². The molecule has 3 aromatic rings. The number of rotatable bonds is 10. The second kappa shape index (κ2) is 11.3. The molecule has 218 valence electrons. The minimum Gasteiger partial charge on any atom is -0.493 e. The van der Waals surface area contributed by atoms with Crippen LogP contribution in [0.3, 0.4) is 0 Å². The van der Waals surface area contributed by atoms with E-state index in [9.17, 15) is 14.4 Å². The lowest BCUT2D eigenvalue weighted by atomic mass is 10.0. The van der Waals surface area contributed by atoms with E-state index in [1.54, 1.807) is 28.8 Å². The monoisotopic (exact) mass is 565 g/mol. The number of nitrogens with one attached hydrogen (secondary N) is 2. The highest BCUT2D eigenvalue weighted by atomic mass is 16.7. The molecular formula is C30H35N3O8. The number of carbonyl (C=O) groups is 2. The average Bonchev–Trinajstić information content (AvgIpc) is 3.50. The van der Waals surface area contributed by atoms with E-state index in [0.29, 0.717) is 88.8 Å². The normalized spacial score (nSPS) is 13.2. The lowest BCUT2D eigenvalue weighted by Gasteiger charge is -2.19. The molecule has 11 nitrogen and oxygen atoms in total. The molecule has 1 aliphatic heterocycles. The molecule has 1 aliphatic carbocycles. The van der Waals surface area contributed by atoms with Gasteiger partial charge in [0.1, 0.15) is 5.60 Å². The van der Waals surface area contributed by atoms with E-state index >= 15 is 0 Å². The molecule has 0 saturated carbocycles. The van der Waals surface area contributed by atoms with Crippen molar-refractivity contribution in [1.29, 1.82) is 0 Å². The minimum atomic E-state index is -0.535. The van der Waals surface area contributed by atoms with Gasteiger partial charge >= 0.3 is 6.09 Å². The number of nitrogens with zero attached hydrogens (tertiary/aromatic N) is 1. The van der Waals surface area contributed by atoms with Crippen molar-refractivity contribution in [2.24, 2.45) is 0 Å². The summed E-state index contributed by atoms with van der Waals surface area (Å²) in [6, 6.07) is 6.79. The van der Waals surface area contributed by atoms with Crippen molar-refractivity contribution < 1.29 is 33.3 Å². The molecule has 0 atom stereocenters. The molecule has 41 heavy (non-hydrogen) atoms. The Morgan fingerprint density at radius 1 is 0.902 bits per heavy atom. The zero-order chi connectivity index (χ0) is 29.3. The van der Waals surface area contributed by atoms with Crippen LogP contribution in [0, 0.1) is 0 Å². The van der Waals surface area contributed by atoms with Gasteiger partial charge in [-0.2, -0.15) is 0 Å². The number of alkyl carbamates (subject to hydrolysis) is 1. The maximum atomic E-state index is 13.9. The van der Waals surface area contributed by atoms with E-state index in [4.69, 9.17) is 23.7 Å². The van der Waals surface area contributed by atoms with Gasteiger partial charge < -0.3 is 38.9 Å². The van der Waals surface area contributed by atoms with E-state index in [1.807, 2.05) is 20.8 Å². The van der Waals surface area contributed by atoms with Crippen molar-refractivity contribution in [2.45, 2.75) is 45.8 Å². The molecule has 0 radical (unpaired) electrons. The molecule has 0 spiro atoms. The Balaban J connectivity index is 1.37. The Kier molecular flexibility index (Phi) is 7.81.